The highest BCUT2D eigenvalue weighted by Gasteiger charge is 2.35. The third-order valence-electron chi connectivity index (χ3n) is 3.86. The molecule has 0 atom stereocenters. The second-order valence-corrected chi connectivity index (χ2v) is 5.02. The molecule has 0 aliphatic heterocycles. The lowest BCUT2D eigenvalue weighted by atomic mass is 9.70. The highest BCUT2D eigenvalue weighted by molar-refractivity contribution is 5.81. The molecule has 0 bridgehead atoms. The molecular weight excluding hydrogens is 256 g/mol. The van der Waals surface area contributed by atoms with E-state index in [-0.39, 0.29) is 0 Å². The average Bonchev–Trinajstić information content (AvgIpc) is 2.59. The number of carbonyl (C=O) groups is 1. The molecule has 0 aliphatic carbocycles. The highest BCUT2D eigenvalue weighted by atomic mass is 16.1. The van der Waals surface area contributed by atoms with Gasteiger partial charge in [0, 0.05) is 0 Å². The van der Waals surface area contributed by atoms with Crippen LogP contribution >= 0.6 is 0 Å². The van der Waals surface area contributed by atoms with E-state index >= 15 is 0 Å². The predicted molar refractivity (Wildman–Crippen MR) is 85.3 cm³/mol. The standard InChI is InChI=1S/C20H16O/c21-16-20(17-10-4-1-5-11-17,18-12-6-2-7-13-18)19-14-8-3-9-15-19/h1-16H. The second kappa shape index (κ2) is 5.76. The number of carbonyl (C=O) groups excluding carboxylic acids is 1. The van der Waals surface area contributed by atoms with Gasteiger partial charge in [-0.25, -0.2) is 0 Å². The Labute approximate surface area is 124 Å². The number of benzene rings is 3. The van der Waals surface area contributed by atoms with Gasteiger partial charge in [0.05, 0.1) is 0 Å². The Kier molecular flexibility index (Phi) is 3.65. The fourth-order valence-electron chi connectivity index (χ4n) is 2.81. The summed E-state index contributed by atoms with van der Waals surface area (Å²) in [6.07, 6.45) is 1.05. The summed E-state index contributed by atoms with van der Waals surface area (Å²) in [6, 6.07) is 29.8. The molecule has 0 aromatic heterocycles. The van der Waals surface area contributed by atoms with Gasteiger partial charge in [0.25, 0.3) is 0 Å². The molecule has 0 fully saturated rings. The van der Waals surface area contributed by atoms with E-state index in [9.17, 15) is 4.79 Å². The summed E-state index contributed by atoms with van der Waals surface area (Å²) in [5.74, 6) is 0. The monoisotopic (exact) mass is 272 g/mol. The quantitative estimate of drug-likeness (QED) is 0.513. The number of hydrogen-bond acceptors (Lipinski definition) is 1. The third-order valence-corrected chi connectivity index (χ3v) is 3.86. The molecule has 102 valence electrons. The lowest BCUT2D eigenvalue weighted by molar-refractivity contribution is -0.110. The Bertz CT molecular complexity index is 606. The summed E-state index contributed by atoms with van der Waals surface area (Å²) in [5, 5.41) is 0. The molecule has 0 radical (unpaired) electrons. The van der Waals surface area contributed by atoms with Crippen molar-refractivity contribution in [3.05, 3.63) is 108 Å². The Hall–Kier alpha value is -2.67. The molecule has 0 heterocycles. The van der Waals surface area contributed by atoms with E-state index < -0.39 is 5.41 Å². The van der Waals surface area contributed by atoms with E-state index in [0.29, 0.717) is 0 Å². The zero-order chi connectivity index (χ0) is 14.5. The molecule has 3 aromatic rings. The summed E-state index contributed by atoms with van der Waals surface area (Å²) in [5.41, 5.74) is 2.19. The minimum absolute atomic E-state index is 0.760. The molecule has 0 aliphatic rings. The van der Waals surface area contributed by atoms with Crippen molar-refractivity contribution < 1.29 is 4.79 Å². The molecule has 3 rings (SSSR count). The Morgan fingerprint density at radius 1 is 0.524 bits per heavy atom. The molecule has 3 aromatic carbocycles. The van der Waals surface area contributed by atoms with Gasteiger partial charge in [0.15, 0.2) is 0 Å². The Morgan fingerprint density at radius 3 is 1.05 bits per heavy atom. The summed E-state index contributed by atoms with van der Waals surface area (Å²) in [4.78, 5) is 12.2. The van der Waals surface area contributed by atoms with Crippen molar-refractivity contribution in [2.45, 2.75) is 5.41 Å². The molecule has 0 saturated carbocycles. The van der Waals surface area contributed by atoms with Crippen molar-refractivity contribution in [2.24, 2.45) is 0 Å². The van der Waals surface area contributed by atoms with Gasteiger partial charge in [-0.05, 0) is 16.7 Å². The summed E-state index contributed by atoms with van der Waals surface area (Å²) in [6.45, 7) is 0. The lowest BCUT2D eigenvalue weighted by Crippen LogP contribution is -2.31. The SMILES string of the molecule is O=CC(c1ccccc1)(c1ccccc1)c1ccccc1. The van der Waals surface area contributed by atoms with Gasteiger partial charge >= 0.3 is 0 Å². The smallest absolute Gasteiger partial charge is 0.139 e. The van der Waals surface area contributed by atoms with Crippen LogP contribution in [-0.2, 0) is 10.2 Å². The van der Waals surface area contributed by atoms with E-state index in [0.717, 1.165) is 23.0 Å². The molecule has 21 heavy (non-hydrogen) atoms. The maximum absolute atomic E-state index is 12.2. The fraction of sp³-hybridized carbons (Fsp3) is 0.0500. The number of aldehydes is 1. The van der Waals surface area contributed by atoms with Gasteiger partial charge in [0.1, 0.15) is 11.7 Å². The second-order valence-electron chi connectivity index (χ2n) is 5.02. The summed E-state index contributed by atoms with van der Waals surface area (Å²) in [7, 11) is 0. The van der Waals surface area contributed by atoms with Crippen LogP contribution in [0.25, 0.3) is 0 Å². The largest absolute Gasteiger partial charge is 0.302 e. The normalized spacial score (nSPS) is 11.0. The van der Waals surface area contributed by atoms with E-state index in [1.807, 2.05) is 91.0 Å². The van der Waals surface area contributed by atoms with E-state index in [1.54, 1.807) is 0 Å². The van der Waals surface area contributed by atoms with E-state index in [1.165, 1.54) is 0 Å². The maximum Gasteiger partial charge on any atom is 0.139 e. The maximum atomic E-state index is 12.2. The first kappa shape index (κ1) is 13.3. The van der Waals surface area contributed by atoms with Crippen molar-refractivity contribution in [1.82, 2.24) is 0 Å². The van der Waals surface area contributed by atoms with Crippen molar-refractivity contribution in [3.63, 3.8) is 0 Å². The molecule has 1 nitrogen and oxygen atoms in total. The first-order chi connectivity index (χ1) is 10.4. The molecule has 0 unspecified atom stereocenters. The first-order valence-electron chi connectivity index (χ1n) is 7.01. The molecule has 0 spiro atoms. The molecule has 1 heteroatoms. The summed E-state index contributed by atoms with van der Waals surface area (Å²) < 4.78 is 0. The molecule has 0 N–H and O–H groups in total. The highest BCUT2D eigenvalue weighted by Crippen LogP contribution is 2.37. The van der Waals surface area contributed by atoms with Gasteiger partial charge in [-0.2, -0.15) is 0 Å². The minimum Gasteiger partial charge on any atom is -0.302 e. The zero-order valence-corrected chi connectivity index (χ0v) is 11.6. The van der Waals surface area contributed by atoms with Crippen LogP contribution in [0.5, 0.6) is 0 Å². The van der Waals surface area contributed by atoms with Gasteiger partial charge in [-0.15, -0.1) is 0 Å². The van der Waals surface area contributed by atoms with E-state index in [2.05, 4.69) is 0 Å². The number of rotatable bonds is 4. The Balaban J connectivity index is 2.31. The van der Waals surface area contributed by atoms with Crippen molar-refractivity contribution in [3.8, 4) is 0 Å². The van der Waals surface area contributed by atoms with Crippen molar-refractivity contribution >= 4 is 6.29 Å². The van der Waals surface area contributed by atoms with Crippen LogP contribution in [0.15, 0.2) is 91.0 Å². The van der Waals surface area contributed by atoms with Gasteiger partial charge in [-0.3, -0.25) is 0 Å². The van der Waals surface area contributed by atoms with Crippen LogP contribution in [0.1, 0.15) is 16.7 Å². The van der Waals surface area contributed by atoms with Crippen LogP contribution < -0.4 is 0 Å². The third kappa shape index (κ3) is 2.27. The minimum atomic E-state index is -0.760. The lowest BCUT2D eigenvalue weighted by Gasteiger charge is -2.30. The number of hydrogen-bond donors (Lipinski definition) is 0. The van der Waals surface area contributed by atoms with Crippen LogP contribution in [0, 0.1) is 0 Å². The Morgan fingerprint density at radius 2 is 0.810 bits per heavy atom. The topological polar surface area (TPSA) is 17.1 Å². The molecule has 0 saturated heterocycles. The molecule has 0 amide bonds. The van der Waals surface area contributed by atoms with Crippen LogP contribution in [-0.4, -0.2) is 6.29 Å². The fourth-order valence-corrected chi connectivity index (χ4v) is 2.81. The van der Waals surface area contributed by atoms with Crippen molar-refractivity contribution in [1.29, 1.82) is 0 Å². The van der Waals surface area contributed by atoms with Crippen LogP contribution in [0.2, 0.25) is 0 Å². The summed E-state index contributed by atoms with van der Waals surface area (Å²) >= 11 is 0. The van der Waals surface area contributed by atoms with Gasteiger partial charge in [-0.1, -0.05) is 91.0 Å². The predicted octanol–water partition coefficient (Wildman–Crippen LogP) is 4.22. The van der Waals surface area contributed by atoms with Crippen LogP contribution in [0.3, 0.4) is 0 Å². The first-order valence-corrected chi connectivity index (χ1v) is 7.01. The van der Waals surface area contributed by atoms with Crippen LogP contribution in [0.4, 0.5) is 0 Å². The average molecular weight is 272 g/mol. The zero-order valence-electron chi connectivity index (χ0n) is 11.6. The van der Waals surface area contributed by atoms with Gasteiger partial charge in [0.2, 0.25) is 0 Å². The van der Waals surface area contributed by atoms with Gasteiger partial charge < -0.3 is 4.79 Å². The molecular formula is C20H16O. The van der Waals surface area contributed by atoms with Crippen molar-refractivity contribution in [2.75, 3.05) is 0 Å². The van der Waals surface area contributed by atoms with E-state index in [4.69, 9.17) is 0 Å².